The number of hydrogen-bond donors (Lipinski definition) is 0. The molecule has 30 heavy (non-hydrogen) atoms. The summed E-state index contributed by atoms with van der Waals surface area (Å²) in [6.07, 6.45) is 1.71. The number of para-hydroxylation sites is 1. The highest BCUT2D eigenvalue weighted by molar-refractivity contribution is 6.16. The highest BCUT2D eigenvalue weighted by Gasteiger charge is 2.18. The van der Waals surface area contributed by atoms with Crippen LogP contribution in [0.1, 0.15) is 15.9 Å². The van der Waals surface area contributed by atoms with Gasteiger partial charge in [-0.25, -0.2) is 0 Å². The Kier molecular flexibility index (Phi) is 4.66. The summed E-state index contributed by atoms with van der Waals surface area (Å²) in [7, 11) is 0. The molecule has 0 N–H and O–H groups in total. The summed E-state index contributed by atoms with van der Waals surface area (Å²) >= 11 is 0. The molecule has 0 radical (unpaired) electrons. The minimum atomic E-state index is -0.0216. The smallest absolute Gasteiger partial charge is 0.195 e. The number of ketones is 1. The molecule has 4 aromatic carbocycles. The number of hydrogen-bond acceptors (Lipinski definition) is 2. The molecule has 1 heterocycles. The molecule has 0 fully saturated rings. The van der Waals surface area contributed by atoms with Gasteiger partial charge in [0.05, 0.1) is 5.52 Å². The topological polar surface area (TPSA) is 30.0 Å². The fraction of sp³-hybridized carbons (Fsp3) is 0. The van der Waals surface area contributed by atoms with E-state index in [2.05, 4.69) is 17.1 Å². The van der Waals surface area contributed by atoms with Crippen LogP contribution >= 0.6 is 0 Å². The molecule has 0 unspecified atom stereocenters. The van der Waals surface area contributed by atoms with Gasteiger partial charge in [-0.1, -0.05) is 103 Å². The molecular formula is C28H19NO. The molecule has 5 aromatic rings. The second-order valence-corrected chi connectivity index (χ2v) is 7.20. The minimum absolute atomic E-state index is 0.0216. The van der Waals surface area contributed by atoms with Crippen molar-refractivity contribution in [3.05, 3.63) is 127 Å². The zero-order valence-corrected chi connectivity index (χ0v) is 16.3. The standard InChI is InChI=1S/C28H19NO/c30-28(23-17-15-21(16-18-23)20-9-3-1-4-10-20)25-19-29-26-14-8-7-13-24(26)27(25)22-11-5-2-6-12-22/h1-19H. The van der Waals surface area contributed by atoms with Crippen molar-refractivity contribution in [1.29, 1.82) is 0 Å². The molecule has 0 amide bonds. The normalized spacial score (nSPS) is 10.8. The molecule has 142 valence electrons. The third-order valence-electron chi connectivity index (χ3n) is 5.34. The van der Waals surface area contributed by atoms with Gasteiger partial charge in [-0.15, -0.1) is 0 Å². The number of aromatic nitrogens is 1. The predicted octanol–water partition coefficient (Wildman–Crippen LogP) is 6.80. The predicted molar refractivity (Wildman–Crippen MR) is 122 cm³/mol. The van der Waals surface area contributed by atoms with Crippen molar-refractivity contribution in [2.24, 2.45) is 0 Å². The summed E-state index contributed by atoms with van der Waals surface area (Å²) in [5.41, 5.74) is 6.32. The summed E-state index contributed by atoms with van der Waals surface area (Å²) in [5.74, 6) is -0.0216. The van der Waals surface area contributed by atoms with E-state index in [1.807, 2.05) is 97.1 Å². The van der Waals surface area contributed by atoms with Crippen LogP contribution in [0.25, 0.3) is 33.2 Å². The zero-order valence-electron chi connectivity index (χ0n) is 16.3. The SMILES string of the molecule is O=C(c1ccc(-c2ccccc2)cc1)c1cnc2ccccc2c1-c1ccccc1. The Morgan fingerprint density at radius 3 is 1.83 bits per heavy atom. The molecule has 0 atom stereocenters. The number of carbonyl (C=O) groups excluding carboxylic acids is 1. The lowest BCUT2D eigenvalue weighted by atomic mass is 9.91. The van der Waals surface area contributed by atoms with E-state index >= 15 is 0 Å². The van der Waals surface area contributed by atoms with E-state index in [0.29, 0.717) is 11.1 Å². The van der Waals surface area contributed by atoms with Crippen LogP contribution in [-0.4, -0.2) is 10.8 Å². The lowest BCUT2D eigenvalue weighted by Crippen LogP contribution is -2.05. The van der Waals surface area contributed by atoms with E-state index in [0.717, 1.165) is 33.2 Å². The number of carbonyl (C=O) groups is 1. The third kappa shape index (κ3) is 3.29. The van der Waals surface area contributed by atoms with Crippen LogP contribution < -0.4 is 0 Å². The van der Waals surface area contributed by atoms with Gasteiger partial charge < -0.3 is 0 Å². The molecule has 0 saturated carbocycles. The average molecular weight is 385 g/mol. The maximum Gasteiger partial charge on any atom is 0.195 e. The first-order valence-corrected chi connectivity index (χ1v) is 9.94. The van der Waals surface area contributed by atoms with Gasteiger partial charge >= 0.3 is 0 Å². The fourth-order valence-electron chi connectivity index (χ4n) is 3.83. The largest absolute Gasteiger partial charge is 0.289 e. The van der Waals surface area contributed by atoms with Crippen LogP contribution in [0.5, 0.6) is 0 Å². The van der Waals surface area contributed by atoms with Gasteiger partial charge in [0, 0.05) is 28.3 Å². The molecule has 2 heteroatoms. The Hall–Kier alpha value is -4.04. The second-order valence-electron chi connectivity index (χ2n) is 7.20. The molecule has 1 aromatic heterocycles. The first kappa shape index (κ1) is 18.0. The summed E-state index contributed by atoms with van der Waals surface area (Å²) in [5, 5.41) is 0.982. The van der Waals surface area contributed by atoms with E-state index < -0.39 is 0 Å². The van der Waals surface area contributed by atoms with Crippen molar-refractivity contribution in [3.63, 3.8) is 0 Å². The molecule has 5 rings (SSSR count). The molecule has 0 saturated heterocycles. The molecule has 0 spiro atoms. The van der Waals surface area contributed by atoms with Gasteiger partial charge in [-0.3, -0.25) is 9.78 Å². The van der Waals surface area contributed by atoms with Crippen molar-refractivity contribution < 1.29 is 4.79 Å². The first-order chi connectivity index (χ1) is 14.8. The van der Waals surface area contributed by atoms with E-state index in [-0.39, 0.29) is 5.78 Å². The van der Waals surface area contributed by atoms with Gasteiger partial charge in [-0.05, 0) is 22.8 Å². The number of pyridine rings is 1. The van der Waals surface area contributed by atoms with Crippen LogP contribution in [0, 0.1) is 0 Å². The molecular weight excluding hydrogens is 366 g/mol. The van der Waals surface area contributed by atoms with Crippen LogP contribution in [0.2, 0.25) is 0 Å². The Bertz CT molecular complexity index is 1320. The lowest BCUT2D eigenvalue weighted by molar-refractivity contribution is 0.103. The average Bonchev–Trinajstić information content (AvgIpc) is 2.84. The van der Waals surface area contributed by atoms with E-state index in [9.17, 15) is 4.79 Å². The number of nitrogens with zero attached hydrogens (tertiary/aromatic N) is 1. The molecule has 0 aliphatic heterocycles. The first-order valence-electron chi connectivity index (χ1n) is 9.94. The van der Waals surface area contributed by atoms with Crippen molar-refractivity contribution in [2.75, 3.05) is 0 Å². The van der Waals surface area contributed by atoms with Crippen LogP contribution in [0.4, 0.5) is 0 Å². The second kappa shape index (κ2) is 7.76. The summed E-state index contributed by atoms with van der Waals surface area (Å²) in [6, 6.07) is 36.0. The van der Waals surface area contributed by atoms with Crippen LogP contribution in [-0.2, 0) is 0 Å². The Morgan fingerprint density at radius 1 is 0.567 bits per heavy atom. The molecule has 0 aliphatic carbocycles. The zero-order chi connectivity index (χ0) is 20.3. The van der Waals surface area contributed by atoms with E-state index in [1.165, 1.54) is 0 Å². The third-order valence-corrected chi connectivity index (χ3v) is 5.34. The van der Waals surface area contributed by atoms with Gasteiger partial charge in [0.2, 0.25) is 0 Å². The Labute approximate surface area is 175 Å². The minimum Gasteiger partial charge on any atom is -0.289 e. The highest BCUT2D eigenvalue weighted by atomic mass is 16.1. The number of benzene rings is 4. The van der Waals surface area contributed by atoms with Gasteiger partial charge in [0.1, 0.15) is 0 Å². The van der Waals surface area contributed by atoms with Gasteiger partial charge in [0.25, 0.3) is 0 Å². The fourth-order valence-corrected chi connectivity index (χ4v) is 3.83. The van der Waals surface area contributed by atoms with Gasteiger partial charge in [0.15, 0.2) is 5.78 Å². The van der Waals surface area contributed by atoms with Crippen molar-refractivity contribution in [2.45, 2.75) is 0 Å². The van der Waals surface area contributed by atoms with Crippen molar-refractivity contribution >= 4 is 16.7 Å². The quantitative estimate of drug-likeness (QED) is 0.318. The highest BCUT2D eigenvalue weighted by Crippen LogP contribution is 2.32. The van der Waals surface area contributed by atoms with E-state index in [1.54, 1.807) is 6.20 Å². The Balaban J connectivity index is 1.62. The summed E-state index contributed by atoms with van der Waals surface area (Å²) in [6.45, 7) is 0. The number of fused-ring (bicyclic) bond motifs is 1. The van der Waals surface area contributed by atoms with Gasteiger partial charge in [-0.2, -0.15) is 0 Å². The van der Waals surface area contributed by atoms with Crippen LogP contribution in [0.3, 0.4) is 0 Å². The van der Waals surface area contributed by atoms with Crippen LogP contribution in [0.15, 0.2) is 115 Å². The Morgan fingerprint density at radius 2 is 1.13 bits per heavy atom. The summed E-state index contributed by atoms with van der Waals surface area (Å²) in [4.78, 5) is 18.1. The lowest BCUT2D eigenvalue weighted by Gasteiger charge is -2.13. The van der Waals surface area contributed by atoms with Crippen molar-refractivity contribution in [3.8, 4) is 22.3 Å². The maximum atomic E-state index is 13.5. The number of rotatable bonds is 4. The van der Waals surface area contributed by atoms with E-state index in [4.69, 9.17) is 0 Å². The van der Waals surface area contributed by atoms with Crippen molar-refractivity contribution in [1.82, 2.24) is 4.98 Å². The molecule has 0 aliphatic rings. The maximum absolute atomic E-state index is 13.5. The molecule has 2 nitrogen and oxygen atoms in total. The summed E-state index contributed by atoms with van der Waals surface area (Å²) < 4.78 is 0. The monoisotopic (exact) mass is 385 g/mol. The molecule has 0 bridgehead atoms.